The highest BCUT2D eigenvalue weighted by molar-refractivity contribution is 5.68. The van der Waals surface area contributed by atoms with E-state index in [1.54, 1.807) is 0 Å². The molecule has 2 fully saturated rings. The number of hydrogen-bond acceptors (Lipinski definition) is 6. The molecule has 26 heavy (non-hydrogen) atoms. The van der Waals surface area contributed by atoms with Gasteiger partial charge in [-0.15, -0.1) is 0 Å². The summed E-state index contributed by atoms with van der Waals surface area (Å²) in [5, 5.41) is 0. The molecule has 0 aliphatic carbocycles. The first-order valence-electron chi connectivity index (χ1n) is 9.71. The van der Waals surface area contributed by atoms with Crippen molar-refractivity contribution in [1.29, 1.82) is 0 Å². The van der Waals surface area contributed by atoms with Crippen LogP contribution in [0.5, 0.6) is 0 Å². The maximum Gasteiger partial charge on any atom is 0.508 e. The van der Waals surface area contributed by atoms with Crippen LogP contribution < -0.4 is 0 Å². The Labute approximate surface area is 156 Å². The van der Waals surface area contributed by atoms with E-state index >= 15 is 0 Å². The minimum Gasteiger partial charge on any atom is -0.444 e. The van der Waals surface area contributed by atoms with Crippen LogP contribution in [0.1, 0.15) is 52.9 Å². The summed E-state index contributed by atoms with van der Waals surface area (Å²) < 4.78 is 15.2. The Balaban J connectivity index is 1.61. The van der Waals surface area contributed by atoms with Gasteiger partial charge in [0, 0.05) is 26.2 Å². The summed E-state index contributed by atoms with van der Waals surface area (Å²) in [6, 6.07) is 0. The predicted molar refractivity (Wildman–Crippen MR) is 98.1 cm³/mol. The van der Waals surface area contributed by atoms with Crippen molar-refractivity contribution in [2.75, 3.05) is 39.8 Å². The third kappa shape index (κ3) is 7.02. The van der Waals surface area contributed by atoms with Gasteiger partial charge in [0.05, 0.1) is 7.11 Å². The molecular weight excluding hydrogens is 336 g/mol. The lowest BCUT2D eigenvalue weighted by Crippen LogP contribution is -2.42. The molecule has 0 spiro atoms. The lowest BCUT2D eigenvalue weighted by Gasteiger charge is -2.35. The quantitative estimate of drug-likeness (QED) is 0.708. The molecule has 150 valence electrons. The van der Waals surface area contributed by atoms with Gasteiger partial charge in [0.15, 0.2) is 0 Å². The van der Waals surface area contributed by atoms with Gasteiger partial charge in [-0.25, -0.2) is 9.59 Å². The molecule has 2 aliphatic heterocycles. The van der Waals surface area contributed by atoms with Gasteiger partial charge in [-0.1, -0.05) is 0 Å². The molecule has 0 aromatic carbocycles. The molecule has 0 unspecified atom stereocenters. The van der Waals surface area contributed by atoms with Crippen molar-refractivity contribution >= 4 is 12.2 Å². The number of carbonyl (C=O) groups excluding carboxylic acids is 2. The number of amides is 1. The summed E-state index contributed by atoms with van der Waals surface area (Å²) in [7, 11) is 1.34. The van der Waals surface area contributed by atoms with Gasteiger partial charge in [-0.2, -0.15) is 0 Å². The van der Waals surface area contributed by atoms with Gasteiger partial charge in [-0.3, -0.25) is 0 Å². The highest BCUT2D eigenvalue weighted by atomic mass is 16.7. The largest absolute Gasteiger partial charge is 0.508 e. The van der Waals surface area contributed by atoms with Gasteiger partial charge in [0.1, 0.15) is 11.7 Å². The summed E-state index contributed by atoms with van der Waals surface area (Å²) in [4.78, 5) is 27.5. The predicted octanol–water partition coefficient (Wildman–Crippen LogP) is 3.27. The molecule has 0 radical (unpaired) electrons. The van der Waals surface area contributed by atoms with Crippen LogP contribution in [-0.2, 0) is 14.2 Å². The molecule has 0 bridgehead atoms. The molecule has 2 rings (SSSR count). The fourth-order valence-corrected chi connectivity index (χ4v) is 3.53. The van der Waals surface area contributed by atoms with Gasteiger partial charge >= 0.3 is 12.2 Å². The molecule has 7 heteroatoms. The van der Waals surface area contributed by atoms with Crippen LogP contribution in [0.15, 0.2) is 0 Å². The third-order valence-corrected chi connectivity index (χ3v) is 5.08. The van der Waals surface area contributed by atoms with Crippen molar-refractivity contribution in [3.05, 3.63) is 0 Å². The summed E-state index contributed by atoms with van der Waals surface area (Å²) in [5.41, 5.74) is -0.433. The van der Waals surface area contributed by atoms with Crippen molar-refractivity contribution in [2.24, 2.45) is 5.92 Å². The van der Waals surface area contributed by atoms with E-state index in [2.05, 4.69) is 9.64 Å². The second-order valence-electron chi connectivity index (χ2n) is 8.31. The molecule has 2 saturated heterocycles. The van der Waals surface area contributed by atoms with E-state index in [1.807, 2.05) is 25.7 Å². The Morgan fingerprint density at radius 1 is 1.00 bits per heavy atom. The number of piperidine rings is 2. The Kier molecular flexibility index (Phi) is 7.55. The van der Waals surface area contributed by atoms with Crippen LogP contribution in [0, 0.1) is 5.92 Å². The Bertz CT molecular complexity index is 461. The van der Waals surface area contributed by atoms with Crippen LogP contribution in [0.2, 0.25) is 0 Å². The number of hydrogen-bond donors (Lipinski definition) is 0. The van der Waals surface area contributed by atoms with Crippen molar-refractivity contribution in [2.45, 2.75) is 64.6 Å². The fourth-order valence-electron chi connectivity index (χ4n) is 3.53. The van der Waals surface area contributed by atoms with Gasteiger partial charge < -0.3 is 24.0 Å². The van der Waals surface area contributed by atoms with Gasteiger partial charge in [-0.05, 0) is 65.3 Å². The van der Waals surface area contributed by atoms with Crippen LogP contribution in [0.3, 0.4) is 0 Å². The molecule has 0 N–H and O–H groups in total. The minimum absolute atomic E-state index is 0.0178. The molecule has 0 atom stereocenters. The first-order valence-corrected chi connectivity index (χ1v) is 9.71. The number of nitrogens with zero attached hydrogens (tertiary/aromatic N) is 2. The number of ether oxygens (including phenoxy) is 3. The Morgan fingerprint density at radius 3 is 2.15 bits per heavy atom. The highest BCUT2D eigenvalue weighted by Gasteiger charge is 2.28. The molecule has 0 aromatic heterocycles. The number of methoxy groups -OCH3 is 1. The lowest BCUT2D eigenvalue weighted by molar-refractivity contribution is 0.00795. The Morgan fingerprint density at radius 2 is 1.62 bits per heavy atom. The van der Waals surface area contributed by atoms with E-state index < -0.39 is 11.8 Å². The van der Waals surface area contributed by atoms with E-state index in [0.29, 0.717) is 5.92 Å². The van der Waals surface area contributed by atoms with Gasteiger partial charge in [0.2, 0.25) is 0 Å². The second-order valence-corrected chi connectivity index (χ2v) is 8.31. The first kappa shape index (κ1) is 20.8. The van der Waals surface area contributed by atoms with E-state index in [-0.39, 0.29) is 12.2 Å². The summed E-state index contributed by atoms with van der Waals surface area (Å²) in [6.45, 7) is 10.3. The van der Waals surface area contributed by atoms with E-state index in [1.165, 1.54) is 7.11 Å². The molecule has 7 nitrogen and oxygen atoms in total. The maximum absolute atomic E-state index is 12.1. The third-order valence-electron chi connectivity index (χ3n) is 5.08. The van der Waals surface area contributed by atoms with Crippen LogP contribution in [0.25, 0.3) is 0 Å². The van der Waals surface area contributed by atoms with Gasteiger partial charge in [0.25, 0.3) is 0 Å². The highest BCUT2D eigenvalue weighted by Crippen LogP contribution is 2.23. The number of rotatable bonds is 4. The van der Waals surface area contributed by atoms with Crippen molar-refractivity contribution in [3.63, 3.8) is 0 Å². The van der Waals surface area contributed by atoms with E-state index in [4.69, 9.17) is 9.47 Å². The maximum atomic E-state index is 12.1. The van der Waals surface area contributed by atoms with E-state index in [9.17, 15) is 9.59 Å². The number of carbonyl (C=O) groups is 2. The first-order chi connectivity index (χ1) is 12.3. The van der Waals surface area contributed by atoms with Crippen LogP contribution in [0.4, 0.5) is 9.59 Å². The summed E-state index contributed by atoms with van der Waals surface area (Å²) in [5.74, 6) is 0.665. The van der Waals surface area contributed by atoms with Crippen molar-refractivity contribution < 1.29 is 23.8 Å². The van der Waals surface area contributed by atoms with Crippen LogP contribution >= 0.6 is 0 Å². The SMILES string of the molecule is COC(=O)OC1CCN(CCC2CCN(C(=O)OC(C)(C)C)CC2)CC1. The normalized spacial score (nSPS) is 20.7. The van der Waals surface area contributed by atoms with Crippen molar-refractivity contribution in [3.8, 4) is 0 Å². The smallest absolute Gasteiger partial charge is 0.444 e. The summed E-state index contributed by atoms with van der Waals surface area (Å²) >= 11 is 0. The standard InChI is InChI=1S/C19H34N2O5/c1-19(2,3)26-17(22)21-13-6-15(7-14-21)5-10-20-11-8-16(9-12-20)25-18(23)24-4/h15-16H,5-14H2,1-4H3. The molecule has 0 aromatic rings. The zero-order valence-corrected chi connectivity index (χ0v) is 16.7. The molecule has 1 amide bonds. The zero-order chi connectivity index (χ0) is 19.2. The van der Waals surface area contributed by atoms with Crippen molar-refractivity contribution in [1.82, 2.24) is 9.80 Å². The molecular formula is C19H34N2O5. The van der Waals surface area contributed by atoms with Crippen LogP contribution in [-0.4, -0.2) is 73.6 Å². The molecule has 0 saturated carbocycles. The summed E-state index contributed by atoms with van der Waals surface area (Å²) in [6.07, 6.45) is 4.19. The lowest BCUT2D eigenvalue weighted by atomic mass is 9.93. The Hall–Kier alpha value is -1.50. The average molecular weight is 370 g/mol. The topological polar surface area (TPSA) is 68.3 Å². The molecule has 2 aliphatic rings. The molecule has 2 heterocycles. The average Bonchev–Trinajstić information content (AvgIpc) is 2.60. The number of likely N-dealkylation sites (tertiary alicyclic amines) is 2. The minimum atomic E-state index is -0.583. The fraction of sp³-hybridized carbons (Fsp3) is 0.895. The zero-order valence-electron chi connectivity index (χ0n) is 16.7. The monoisotopic (exact) mass is 370 g/mol. The second kappa shape index (κ2) is 9.44. The van der Waals surface area contributed by atoms with E-state index in [0.717, 1.165) is 64.8 Å².